The van der Waals surface area contributed by atoms with Crippen molar-refractivity contribution in [3.05, 3.63) is 98.7 Å². The highest BCUT2D eigenvalue weighted by molar-refractivity contribution is 7.89. The second-order valence-electron chi connectivity index (χ2n) is 12.5. The van der Waals surface area contributed by atoms with Gasteiger partial charge in [0.25, 0.3) is 5.91 Å². The molecule has 3 N–H and O–H groups in total. The number of aromatic nitrogens is 1. The quantitative estimate of drug-likeness (QED) is 0.138. The lowest BCUT2D eigenvalue weighted by Crippen LogP contribution is -2.47. The number of aryl methyl sites for hydroxylation is 2. The number of ether oxygens (including phenoxy) is 1. The van der Waals surface area contributed by atoms with Gasteiger partial charge in [0.2, 0.25) is 15.9 Å². The third-order valence-corrected chi connectivity index (χ3v) is 11.7. The summed E-state index contributed by atoms with van der Waals surface area (Å²) in [4.78, 5) is 34.0. The number of carbonyl (C=O) groups is 2. The van der Waals surface area contributed by atoms with Crippen molar-refractivity contribution >= 4 is 61.8 Å². The number of hydrogen-bond acceptors (Lipinski definition) is 7. The van der Waals surface area contributed by atoms with Gasteiger partial charge in [-0.25, -0.2) is 13.4 Å². The number of halogens is 2. The second kappa shape index (κ2) is 15.3. The molecule has 3 aromatic carbocycles. The van der Waals surface area contributed by atoms with E-state index in [1.807, 2.05) is 32.0 Å². The maximum absolute atomic E-state index is 14.1. The molecule has 1 fully saturated rings. The number of nitrogens with zero attached hydrogens (tertiary/aromatic N) is 4. The maximum Gasteiger partial charge on any atom is 0.253 e. The van der Waals surface area contributed by atoms with E-state index in [2.05, 4.69) is 4.98 Å². The lowest BCUT2D eigenvalue weighted by molar-refractivity contribution is -0.133. The van der Waals surface area contributed by atoms with Gasteiger partial charge >= 0.3 is 0 Å². The summed E-state index contributed by atoms with van der Waals surface area (Å²) in [6.45, 7) is 4.66. The van der Waals surface area contributed by atoms with E-state index < -0.39 is 16.1 Å². The first-order valence-electron chi connectivity index (χ1n) is 16.1. The Hall–Kier alpha value is -4.23. The highest BCUT2D eigenvalue weighted by atomic mass is 35.5. The van der Waals surface area contributed by atoms with Crippen LogP contribution in [0.5, 0.6) is 5.75 Å². The SMILES string of the molecule is Cc1cc(C)c2cccc(OCc3c(Cl)ccc(S(=O)(=O)N4CCC[C@H]4C(=O)N(C)CCCN(C)C(=O)c4ccc(C(=N)N)cc4)c3Cl)c2n1. The summed E-state index contributed by atoms with van der Waals surface area (Å²) >= 11 is 13.3. The fourth-order valence-corrected chi connectivity index (χ4v) is 8.67. The number of nitrogens with one attached hydrogen (secondary N) is 1. The van der Waals surface area contributed by atoms with Crippen molar-refractivity contribution < 1.29 is 22.7 Å². The highest BCUT2D eigenvalue weighted by Gasteiger charge is 2.41. The molecular formula is C36H40Cl2N6O5S. The van der Waals surface area contributed by atoms with E-state index in [0.29, 0.717) is 60.3 Å². The number of sulfonamides is 1. The topological polar surface area (TPSA) is 150 Å². The number of hydrogen-bond donors (Lipinski definition) is 2. The first-order chi connectivity index (χ1) is 23.7. The van der Waals surface area contributed by atoms with Gasteiger partial charge in [-0.1, -0.05) is 47.5 Å². The maximum atomic E-state index is 14.1. The first-order valence-corrected chi connectivity index (χ1v) is 18.3. The van der Waals surface area contributed by atoms with Crippen molar-refractivity contribution in [2.45, 2.75) is 50.7 Å². The molecule has 2 amide bonds. The summed E-state index contributed by atoms with van der Waals surface area (Å²) in [6.07, 6.45) is 1.36. The lowest BCUT2D eigenvalue weighted by Gasteiger charge is -2.28. The zero-order valence-corrected chi connectivity index (χ0v) is 30.7. The van der Waals surface area contributed by atoms with E-state index in [1.165, 1.54) is 21.3 Å². The van der Waals surface area contributed by atoms with Crippen LogP contribution in [0.15, 0.2) is 65.6 Å². The number of pyridine rings is 1. The second-order valence-corrected chi connectivity index (χ2v) is 15.1. The van der Waals surface area contributed by atoms with Gasteiger partial charge in [-0.3, -0.25) is 15.0 Å². The molecule has 1 aliphatic rings. The molecule has 2 heterocycles. The monoisotopic (exact) mass is 738 g/mol. The molecule has 1 aliphatic heterocycles. The minimum absolute atomic E-state index is 0.0619. The Morgan fingerprint density at radius 1 is 1.02 bits per heavy atom. The van der Waals surface area contributed by atoms with Gasteiger partial charge in [-0.2, -0.15) is 4.31 Å². The molecule has 0 saturated carbocycles. The molecule has 4 aromatic rings. The fourth-order valence-electron chi connectivity index (χ4n) is 6.15. The zero-order valence-electron chi connectivity index (χ0n) is 28.4. The number of fused-ring (bicyclic) bond motifs is 1. The molecule has 264 valence electrons. The van der Waals surface area contributed by atoms with Crippen LogP contribution in [0.3, 0.4) is 0 Å². The van der Waals surface area contributed by atoms with Crippen LogP contribution >= 0.6 is 23.2 Å². The number of benzene rings is 3. The van der Waals surface area contributed by atoms with E-state index in [0.717, 1.165) is 16.6 Å². The minimum Gasteiger partial charge on any atom is -0.487 e. The average molecular weight is 740 g/mol. The Morgan fingerprint density at radius 3 is 2.40 bits per heavy atom. The van der Waals surface area contributed by atoms with Crippen molar-refractivity contribution in [1.82, 2.24) is 19.1 Å². The molecule has 0 unspecified atom stereocenters. The minimum atomic E-state index is -4.20. The number of rotatable bonds is 12. The molecule has 1 saturated heterocycles. The van der Waals surface area contributed by atoms with Crippen LogP contribution in [0.25, 0.3) is 10.9 Å². The van der Waals surface area contributed by atoms with Gasteiger partial charge in [-0.05, 0) is 75.1 Å². The summed E-state index contributed by atoms with van der Waals surface area (Å²) < 4.78 is 35.5. The van der Waals surface area contributed by atoms with Gasteiger partial charge in [0.1, 0.15) is 34.6 Å². The Balaban J connectivity index is 1.25. The third-order valence-electron chi connectivity index (χ3n) is 8.89. The molecular weight excluding hydrogens is 699 g/mol. The van der Waals surface area contributed by atoms with Gasteiger partial charge < -0.3 is 20.3 Å². The normalized spacial score (nSPS) is 14.9. The molecule has 0 aliphatic carbocycles. The zero-order chi connectivity index (χ0) is 36.3. The molecule has 11 nitrogen and oxygen atoms in total. The van der Waals surface area contributed by atoms with Crippen LogP contribution in [-0.2, 0) is 21.4 Å². The Morgan fingerprint density at radius 2 is 1.70 bits per heavy atom. The molecule has 1 aromatic heterocycles. The van der Waals surface area contributed by atoms with Crippen molar-refractivity contribution in [2.24, 2.45) is 5.73 Å². The Kier molecular flexibility index (Phi) is 11.4. The molecule has 50 heavy (non-hydrogen) atoms. The van der Waals surface area contributed by atoms with Crippen LogP contribution in [0.4, 0.5) is 0 Å². The van der Waals surface area contributed by atoms with Crippen molar-refractivity contribution in [1.29, 1.82) is 5.41 Å². The summed E-state index contributed by atoms with van der Waals surface area (Å²) in [5, 5.41) is 8.64. The summed E-state index contributed by atoms with van der Waals surface area (Å²) in [5.74, 6) is -0.0970. The predicted octanol–water partition coefficient (Wildman–Crippen LogP) is 5.80. The smallest absolute Gasteiger partial charge is 0.253 e. The fraction of sp³-hybridized carbons (Fsp3) is 0.333. The van der Waals surface area contributed by atoms with Gasteiger partial charge in [0, 0.05) is 66.5 Å². The number of nitrogens with two attached hydrogens (primary N) is 1. The molecule has 1 atom stereocenters. The molecule has 0 bridgehead atoms. The van der Waals surface area contributed by atoms with Crippen molar-refractivity contribution in [2.75, 3.05) is 33.7 Å². The number of amides is 2. The molecule has 0 radical (unpaired) electrons. The molecule has 5 rings (SSSR count). The Bertz CT molecular complexity index is 2060. The van der Waals surface area contributed by atoms with E-state index in [1.54, 1.807) is 49.3 Å². The lowest BCUT2D eigenvalue weighted by atomic mass is 10.1. The van der Waals surface area contributed by atoms with Gasteiger partial charge in [0.05, 0.1) is 5.02 Å². The van der Waals surface area contributed by atoms with Crippen LogP contribution in [0.1, 0.15) is 52.0 Å². The van der Waals surface area contributed by atoms with E-state index in [4.69, 9.17) is 39.1 Å². The van der Waals surface area contributed by atoms with Gasteiger partial charge in [-0.15, -0.1) is 0 Å². The van der Waals surface area contributed by atoms with Crippen molar-refractivity contribution in [3.8, 4) is 5.75 Å². The van der Waals surface area contributed by atoms with Gasteiger partial charge in [0.15, 0.2) is 0 Å². The van der Waals surface area contributed by atoms with E-state index in [9.17, 15) is 18.0 Å². The number of amidine groups is 1. The molecule has 14 heteroatoms. The summed E-state index contributed by atoms with van der Waals surface area (Å²) in [7, 11) is -0.897. The van der Waals surface area contributed by atoms with E-state index >= 15 is 0 Å². The van der Waals surface area contributed by atoms with Crippen LogP contribution in [0.2, 0.25) is 10.0 Å². The van der Waals surface area contributed by atoms with Crippen molar-refractivity contribution in [3.63, 3.8) is 0 Å². The summed E-state index contributed by atoms with van der Waals surface area (Å²) in [5.41, 5.74) is 9.37. The summed E-state index contributed by atoms with van der Waals surface area (Å²) in [6, 6.07) is 16.0. The highest BCUT2D eigenvalue weighted by Crippen LogP contribution is 2.37. The number of likely N-dealkylation sites (N-methyl/N-ethyl adjacent to an activating group) is 1. The first kappa shape index (κ1) is 37.0. The van der Waals surface area contributed by atoms with Crippen LogP contribution in [-0.4, -0.2) is 84.9 Å². The third kappa shape index (κ3) is 7.73. The number of nitrogen functional groups attached to an aromatic ring is 1. The van der Waals surface area contributed by atoms with Crippen LogP contribution < -0.4 is 10.5 Å². The Labute approximate surface area is 302 Å². The number of carbonyl (C=O) groups excluding carboxylic acids is 2. The molecule has 0 spiro atoms. The van der Waals surface area contributed by atoms with E-state index in [-0.39, 0.29) is 45.7 Å². The largest absolute Gasteiger partial charge is 0.487 e. The average Bonchev–Trinajstić information content (AvgIpc) is 3.58. The standard InChI is InChI=1S/C36H40Cl2N6O5S/c1-22-20-23(2)41-33-26(22)8-5-10-30(33)49-21-27-28(37)15-16-31(32(27)38)50(47,48)44-19-6-9-29(44)36(46)43(4)18-7-17-42(3)35(45)25-13-11-24(12-14-25)34(39)40/h5,8,10-16,20,29H,6-7,9,17-19,21H2,1-4H3,(H3,39,40)/t29-/m0/s1. The predicted molar refractivity (Wildman–Crippen MR) is 196 cm³/mol. The van der Waals surface area contributed by atoms with Crippen LogP contribution in [0, 0.1) is 19.3 Å². The number of para-hydroxylation sites is 1.